The van der Waals surface area contributed by atoms with Crippen molar-refractivity contribution in [1.82, 2.24) is 29.9 Å². The second kappa shape index (κ2) is 10.7. The second-order valence-electron chi connectivity index (χ2n) is 11.3. The summed E-state index contributed by atoms with van der Waals surface area (Å²) in [4.78, 5) is 19.8. The molecule has 0 bridgehead atoms. The summed E-state index contributed by atoms with van der Waals surface area (Å²) in [5.41, 5.74) is 5.75. The van der Waals surface area contributed by atoms with Gasteiger partial charge in [-0.2, -0.15) is 15.4 Å². The number of H-pyrrole nitrogens is 1. The maximum atomic E-state index is 12.5. The van der Waals surface area contributed by atoms with Gasteiger partial charge in [-0.15, -0.1) is 0 Å². The lowest BCUT2D eigenvalue weighted by Gasteiger charge is -2.33. The molecule has 0 spiro atoms. The topological polar surface area (TPSA) is 99.9 Å². The fourth-order valence-electron chi connectivity index (χ4n) is 5.84. The lowest BCUT2D eigenvalue weighted by atomic mass is 9.69. The van der Waals surface area contributed by atoms with E-state index in [9.17, 15) is 9.90 Å². The van der Waals surface area contributed by atoms with Crippen molar-refractivity contribution in [3.63, 3.8) is 0 Å². The number of aromatic nitrogens is 5. The van der Waals surface area contributed by atoms with E-state index in [2.05, 4.69) is 56.2 Å². The molecule has 1 aliphatic heterocycles. The largest absolute Gasteiger partial charge is 0.481 e. The number of imidazole rings is 1. The first-order valence-corrected chi connectivity index (χ1v) is 13.6. The Balaban J connectivity index is 1.51. The number of carboxylic acid groups (broad SMARTS) is 1. The second-order valence-corrected chi connectivity index (χ2v) is 11.3. The predicted octanol–water partition coefficient (Wildman–Crippen LogP) is 5.44. The number of likely N-dealkylation sites (tertiary alicyclic amines) is 1. The van der Waals surface area contributed by atoms with Gasteiger partial charge in [0.2, 0.25) is 0 Å². The molecule has 1 atom stereocenters. The van der Waals surface area contributed by atoms with Crippen LogP contribution < -0.4 is 0 Å². The first kappa shape index (κ1) is 26.1. The average Bonchev–Trinajstić information content (AvgIpc) is 3.46. The summed E-state index contributed by atoms with van der Waals surface area (Å²) in [6, 6.07) is 10.3. The molecule has 0 amide bonds. The molecule has 4 aromatic rings. The van der Waals surface area contributed by atoms with E-state index in [1.165, 1.54) is 36.8 Å². The van der Waals surface area contributed by atoms with Crippen LogP contribution in [0.4, 0.5) is 0 Å². The number of carbonyl (C=O) groups is 1. The van der Waals surface area contributed by atoms with Crippen molar-refractivity contribution >= 4 is 17.0 Å². The number of hydrogen-bond acceptors (Lipinski definition) is 5. The molecule has 1 aliphatic rings. The Morgan fingerprint density at radius 2 is 1.82 bits per heavy atom. The van der Waals surface area contributed by atoms with Crippen molar-refractivity contribution in [2.24, 2.45) is 5.41 Å². The van der Waals surface area contributed by atoms with E-state index in [0.717, 1.165) is 53.2 Å². The van der Waals surface area contributed by atoms with E-state index in [-0.39, 0.29) is 5.92 Å². The molecule has 1 saturated heterocycles. The number of nitrogens with zero attached hydrogens (tertiary/aromatic N) is 5. The van der Waals surface area contributed by atoms with Gasteiger partial charge in [0.1, 0.15) is 16.9 Å². The highest BCUT2D eigenvalue weighted by Crippen LogP contribution is 2.44. The number of benzene rings is 2. The third-order valence-electron chi connectivity index (χ3n) is 8.28. The van der Waals surface area contributed by atoms with Gasteiger partial charge in [0.25, 0.3) is 0 Å². The van der Waals surface area contributed by atoms with E-state index >= 15 is 0 Å². The monoisotopic (exact) mass is 514 g/mol. The normalized spacial score (nSPS) is 16.0. The van der Waals surface area contributed by atoms with Crippen molar-refractivity contribution in [1.29, 1.82) is 0 Å². The number of rotatable bonds is 8. The lowest BCUT2D eigenvalue weighted by Crippen LogP contribution is -2.32. The van der Waals surface area contributed by atoms with Crippen LogP contribution in [0.2, 0.25) is 0 Å². The van der Waals surface area contributed by atoms with E-state index in [1.54, 1.807) is 13.8 Å². The Bertz CT molecular complexity index is 1430. The fourth-order valence-corrected chi connectivity index (χ4v) is 5.84. The van der Waals surface area contributed by atoms with Gasteiger partial charge in [-0.3, -0.25) is 9.69 Å². The summed E-state index contributed by atoms with van der Waals surface area (Å²) in [7, 11) is 0. The standard InChI is InChI=1S/C30H38N6O2/c1-20-9-10-22(17-23(20)18-36-16-13-31-26(36)19-35-14-7-5-6-8-15-35)27(30(3,4)29(37)38)24-11-12-25-28(21(24)2)33-34-32-25/h9-13,16-17,27H,5-8,14-15,18-19H2,1-4H3,(H,37,38)(H,32,33,34). The third kappa shape index (κ3) is 5.10. The third-order valence-corrected chi connectivity index (χ3v) is 8.28. The number of aliphatic carboxylic acids is 1. The average molecular weight is 515 g/mol. The minimum absolute atomic E-state index is 0.361. The Labute approximate surface area is 224 Å². The van der Waals surface area contributed by atoms with Crippen molar-refractivity contribution in [3.05, 3.63) is 76.4 Å². The van der Waals surface area contributed by atoms with E-state index < -0.39 is 11.4 Å². The van der Waals surface area contributed by atoms with Gasteiger partial charge in [0, 0.05) is 24.9 Å². The Kier molecular flexibility index (Phi) is 7.34. The van der Waals surface area contributed by atoms with Crippen LogP contribution >= 0.6 is 0 Å². The first-order valence-electron chi connectivity index (χ1n) is 13.6. The molecular weight excluding hydrogens is 476 g/mol. The summed E-state index contributed by atoms with van der Waals surface area (Å²) >= 11 is 0. The molecule has 1 fully saturated rings. The van der Waals surface area contributed by atoms with Crippen molar-refractivity contribution in [2.45, 2.75) is 72.4 Å². The zero-order valence-electron chi connectivity index (χ0n) is 22.9. The minimum atomic E-state index is -1.04. The maximum absolute atomic E-state index is 12.5. The summed E-state index contributed by atoms with van der Waals surface area (Å²) in [6.45, 7) is 11.5. The molecule has 1 unspecified atom stereocenters. The number of carboxylic acids is 1. The van der Waals surface area contributed by atoms with E-state index in [0.29, 0.717) is 6.54 Å². The van der Waals surface area contributed by atoms with Crippen LogP contribution in [-0.2, 0) is 17.9 Å². The Hall–Kier alpha value is -3.52. The van der Waals surface area contributed by atoms with Crippen molar-refractivity contribution in [2.75, 3.05) is 13.1 Å². The number of aromatic amines is 1. The highest BCUT2D eigenvalue weighted by molar-refractivity contribution is 5.81. The van der Waals surface area contributed by atoms with Gasteiger partial charge in [-0.1, -0.05) is 37.1 Å². The van der Waals surface area contributed by atoms with Gasteiger partial charge in [-0.05, 0) is 87.5 Å². The molecule has 2 N–H and O–H groups in total. The summed E-state index contributed by atoms with van der Waals surface area (Å²) in [5.74, 6) is -0.120. The molecule has 0 aliphatic carbocycles. The molecule has 3 heterocycles. The van der Waals surface area contributed by atoms with Crippen LogP contribution in [0, 0.1) is 19.3 Å². The van der Waals surface area contributed by atoms with Crippen LogP contribution in [0.5, 0.6) is 0 Å². The smallest absolute Gasteiger partial charge is 0.310 e. The van der Waals surface area contributed by atoms with Gasteiger partial charge in [0.15, 0.2) is 0 Å². The van der Waals surface area contributed by atoms with Crippen LogP contribution in [0.25, 0.3) is 11.0 Å². The molecule has 38 heavy (non-hydrogen) atoms. The molecule has 2 aromatic carbocycles. The van der Waals surface area contributed by atoms with Crippen LogP contribution in [-0.4, -0.2) is 54.0 Å². The summed E-state index contributed by atoms with van der Waals surface area (Å²) in [6.07, 6.45) is 9.08. The first-order chi connectivity index (χ1) is 18.3. The van der Waals surface area contributed by atoms with Crippen LogP contribution in [0.1, 0.15) is 79.1 Å². The zero-order valence-corrected chi connectivity index (χ0v) is 22.9. The molecule has 8 heteroatoms. The van der Waals surface area contributed by atoms with E-state index in [1.807, 2.05) is 25.3 Å². The van der Waals surface area contributed by atoms with Gasteiger partial charge in [-0.25, -0.2) is 4.98 Å². The van der Waals surface area contributed by atoms with E-state index in [4.69, 9.17) is 4.98 Å². The van der Waals surface area contributed by atoms with Gasteiger partial charge >= 0.3 is 5.97 Å². The van der Waals surface area contributed by atoms with Crippen LogP contribution in [0.15, 0.2) is 42.7 Å². The quantitative estimate of drug-likeness (QED) is 0.325. The number of nitrogens with one attached hydrogen (secondary N) is 1. The zero-order chi connectivity index (χ0) is 26.9. The predicted molar refractivity (Wildman–Crippen MR) is 148 cm³/mol. The number of fused-ring (bicyclic) bond motifs is 1. The van der Waals surface area contributed by atoms with Gasteiger partial charge in [0.05, 0.1) is 12.0 Å². The summed E-state index contributed by atoms with van der Waals surface area (Å²) < 4.78 is 2.24. The SMILES string of the molecule is Cc1ccc(C(c2ccc3n[nH]nc3c2C)C(C)(C)C(=O)O)cc1Cn1ccnc1CN1CCCCCC1. The Morgan fingerprint density at radius 3 is 2.55 bits per heavy atom. The molecule has 0 radical (unpaired) electrons. The highest BCUT2D eigenvalue weighted by atomic mass is 16.4. The molecular formula is C30H38N6O2. The molecule has 5 rings (SSSR count). The lowest BCUT2D eigenvalue weighted by molar-refractivity contribution is -0.147. The van der Waals surface area contributed by atoms with Crippen molar-refractivity contribution < 1.29 is 9.90 Å². The Morgan fingerprint density at radius 1 is 1.05 bits per heavy atom. The molecule has 8 nitrogen and oxygen atoms in total. The minimum Gasteiger partial charge on any atom is -0.481 e. The number of hydrogen-bond donors (Lipinski definition) is 2. The molecule has 200 valence electrons. The van der Waals surface area contributed by atoms with Gasteiger partial charge < -0.3 is 9.67 Å². The highest BCUT2D eigenvalue weighted by Gasteiger charge is 2.40. The van der Waals surface area contributed by atoms with Crippen molar-refractivity contribution in [3.8, 4) is 0 Å². The maximum Gasteiger partial charge on any atom is 0.310 e. The number of aryl methyl sites for hydroxylation is 2. The fraction of sp³-hybridized carbons (Fsp3) is 0.467. The molecule has 2 aromatic heterocycles. The summed E-state index contributed by atoms with van der Waals surface area (Å²) in [5, 5.41) is 21.5. The molecule has 0 saturated carbocycles. The van der Waals surface area contributed by atoms with Crippen LogP contribution in [0.3, 0.4) is 0 Å².